The van der Waals surface area contributed by atoms with Gasteiger partial charge in [-0.15, -0.1) is 0 Å². The van der Waals surface area contributed by atoms with Crippen LogP contribution >= 0.6 is 11.8 Å². The van der Waals surface area contributed by atoms with E-state index in [2.05, 4.69) is 21.6 Å². The van der Waals surface area contributed by atoms with Crippen LogP contribution in [0, 0.1) is 0 Å². The summed E-state index contributed by atoms with van der Waals surface area (Å²) in [5, 5.41) is 6.68. The van der Waals surface area contributed by atoms with E-state index in [0.29, 0.717) is 5.25 Å². The van der Waals surface area contributed by atoms with Gasteiger partial charge in [0.15, 0.2) is 0 Å². The molecule has 1 rings (SSSR count). The van der Waals surface area contributed by atoms with Gasteiger partial charge < -0.3 is 5.32 Å². The lowest BCUT2D eigenvalue weighted by Crippen LogP contribution is -2.24. The first-order chi connectivity index (χ1) is 6.77. The second-order valence-corrected chi connectivity index (χ2v) is 4.22. The molecule has 80 valence electrons. The lowest BCUT2D eigenvalue weighted by Gasteiger charge is -2.21. The summed E-state index contributed by atoms with van der Waals surface area (Å²) in [7, 11) is 1.52. The molecule has 1 unspecified atom stereocenters. The fourth-order valence-electron chi connectivity index (χ4n) is 1.47. The molecule has 1 amide bonds. The Labute approximate surface area is 88.5 Å². The molecule has 0 heterocycles. The molecule has 0 saturated heterocycles. The Morgan fingerprint density at radius 3 is 3.07 bits per heavy atom. The molecule has 1 fully saturated rings. The topological polar surface area (TPSA) is 50.7 Å². The predicted octanol–water partition coefficient (Wildman–Crippen LogP) is 2.00. The van der Waals surface area contributed by atoms with E-state index in [9.17, 15) is 4.79 Å². The van der Waals surface area contributed by atoms with Crippen molar-refractivity contribution in [1.82, 2.24) is 5.32 Å². The first-order valence-corrected chi connectivity index (χ1v) is 6.05. The summed E-state index contributed by atoms with van der Waals surface area (Å²) in [6.45, 7) is 0. The number of carbonyl (C=O) groups is 1. The van der Waals surface area contributed by atoms with Gasteiger partial charge in [0, 0.05) is 12.3 Å². The number of rotatable bonds is 2. The highest BCUT2D eigenvalue weighted by atomic mass is 32.2. The lowest BCUT2D eigenvalue weighted by molar-refractivity contribution is 0.152. The Kier molecular flexibility index (Phi) is 4.79. The van der Waals surface area contributed by atoms with Gasteiger partial charge in [-0.05, 0) is 25.5 Å². The third-order valence-electron chi connectivity index (χ3n) is 2.26. The van der Waals surface area contributed by atoms with Crippen molar-refractivity contribution in [3.05, 3.63) is 0 Å². The third-order valence-corrected chi connectivity index (χ3v) is 3.33. The Morgan fingerprint density at radius 1 is 1.64 bits per heavy atom. The summed E-state index contributed by atoms with van der Waals surface area (Å²) in [5.74, 6) is 0. The van der Waals surface area contributed by atoms with Crippen LogP contribution in [0.25, 0.3) is 0 Å². The Bertz CT molecular complexity index is 231. The SMILES string of the molecule is CNC(=O)O/N=C1/CCCCC1SC. The number of oxime groups is 1. The van der Waals surface area contributed by atoms with Crippen molar-refractivity contribution in [2.24, 2.45) is 5.16 Å². The molecule has 5 heteroatoms. The number of nitrogens with one attached hydrogen (secondary N) is 1. The number of hydrogen-bond donors (Lipinski definition) is 1. The van der Waals surface area contributed by atoms with Gasteiger partial charge in [0.1, 0.15) is 0 Å². The van der Waals surface area contributed by atoms with E-state index in [1.54, 1.807) is 11.8 Å². The average Bonchev–Trinajstić information content (AvgIpc) is 2.26. The van der Waals surface area contributed by atoms with Crippen LogP contribution in [0.3, 0.4) is 0 Å². The van der Waals surface area contributed by atoms with Crippen LogP contribution in [0.1, 0.15) is 25.7 Å². The van der Waals surface area contributed by atoms with Gasteiger partial charge in [-0.3, -0.25) is 4.84 Å². The van der Waals surface area contributed by atoms with Crippen LogP contribution in [-0.4, -0.2) is 30.4 Å². The van der Waals surface area contributed by atoms with Gasteiger partial charge in [0.05, 0.1) is 5.71 Å². The smallest absolute Gasteiger partial charge is 0.323 e. The summed E-state index contributed by atoms with van der Waals surface area (Å²) in [4.78, 5) is 15.5. The first-order valence-electron chi connectivity index (χ1n) is 4.76. The highest BCUT2D eigenvalue weighted by molar-refractivity contribution is 7.99. The van der Waals surface area contributed by atoms with Crippen molar-refractivity contribution >= 4 is 23.6 Å². The van der Waals surface area contributed by atoms with Crippen LogP contribution in [0.15, 0.2) is 5.16 Å². The quantitative estimate of drug-likeness (QED) is 0.567. The molecule has 0 bridgehead atoms. The van der Waals surface area contributed by atoms with Gasteiger partial charge >= 0.3 is 6.09 Å². The minimum absolute atomic E-state index is 0.424. The van der Waals surface area contributed by atoms with Crippen molar-refractivity contribution < 1.29 is 9.63 Å². The zero-order valence-electron chi connectivity index (χ0n) is 8.58. The predicted molar refractivity (Wildman–Crippen MR) is 58.7 cm³/mol. The maximum Gasteiger partial charge on any atom is 0.433 e. The largest absolute Gasteiger partial charge is 0.433 e. The summed E-state index contributed by atoms with van der Waals surface area (Å²) >= 11 is 1.77. The van der Waals surface area contributed by atoms with E-state index in [4.69, 9.17) is 0 Å². The van der Waals surface area contributed by atoms with E-state index in [1.807, 2.05) is 0 Å². The zero-order valence-corrected chi connectivity index (χ0v) is 9.39. The van der Waals surface area contributed by atoms with Crippen molar-refractivity contribution in [2.45, 2.75) is 30.9 Å². The summed E-state index contributed by atoms with van der Waals surface area (Å²) in [6.07, 6.45) is 6.03. The van der Waals surface area contributed by atoms with Crippen LogP contribution in [0.2, 0.25) is 0 Å². The molecule has 0 radical (unpaired) electrons. The standard InChI is InChI=1S/C9H16N2O2S/c1-10-9(12)13-11-7-5-3-4-6-8(7)14-2/h8H,3-6H2,1-2H3,(H,10,12)/b11-7-. The highest BCUT2D eigenvalue weighted by Crippen LogP contribution is 2.24. The second-order valence-electron chi connectivity index (χ2n) is 3.18. The number of thioether (sulfide) groups is 1. The van der Waals surface area contributed by atoms with Crippen molar-refractivity contribution in [3.8, 4) is 0 Å². The summed E-state index contributed by atoms with van der Waals surface area (Å²) in [6, 6.07) is 0. The molecular formula is C9H16N2O2S. The summed E-state index contributed by atoms with van der Waals surface area (Å²) < 4.78 is 0. The monoisotopic (exact) mass is 216 g/mol. The Hall–Kier alpha value is -0.710. The van der Waals surface area contributed by atoms with Crippen LogP contribution < -0.4 is 5.32 Å². The van der Waals surface area contributed by atoms with Crippen molar-refractivity contribution in [3.63, 3.8) is 0 Å². The average molecular weight is 216 g/mol. The maximum atomic E-state index is 10.8. The van der Waals surface area contributed by atoms with E-state index in [0.717, 1.165) is 25.0 Å². The van der Waals surface area contributed by atoms with E-state index < -0.39 is 6.09 Å². The van der Waals surface area contributed by atoms with E-state index in [1.165, 1.54) is 13.5 Å². The number of carbonyl (C=O) groups excluding carboxylic acids is 1. The van der Waals surface area contributed by atoms with Crippen LogP contribution in [0.4, 0.5) is 4.79 Å². The Morgan fingerprint density at radius 2 is 2.43 bits per heavy atom. The molecule has 0 aromatic heterocycles. The summed E-state index contributed by atoms with van der Waals surface area (Å²) in [5.41, 5.74) is 1.01. The van der Waals surface area contributed by atoms with Gasteiger partial charge in [-0.1, -0.05) is 11.6 Å². The van der Waals surface area contributed by atoms with Gasteiger partial charge in [0.2, 0.25) is 0 Å². The molecule has 1 aliphatic rings. The molecule has 14 heavy (non-hydrogen) atoms. The number of nitrogens with zero attached hydrogens (tertiary/aromatic N) is 1. The molecule has 1 aliphatic carbocycles. The van der Waals surface area contributed by atoms with Crippen molar-refractivity contribution in [1.29, 1.82) is 0 Å². The number of amides is 1. The fraction of sp³-hybridized carbons (Fsp3) is 0.778. The maximum absolute atomic E-state index is 10.8. The molecule has 1 saturated carbocycles. The van der Waals surface area contributed by atoms with E-state index >= 15 is 0 Å². The molecule has 1 N–H and O–H groups in total. The molecule has 0 spiro atoms. The second kappa shape index (κ2) is 5.90. The molecule has 1 atom stereocenters. The van der Waals surface area contributed by atoms with Crippen LogP contribution in [0.5, 0.6) is 0 Å². The minimum atomic E-state index is -0.497. The molecule has 0 aromatic rings. The fourth-order valence-corrected chi connectivity index (χ4v) is 2.30. The highest BCUT2D eigenvalue weighted by Gasteiger charge is 2.20. The van der Waals surface area contributed by atoms with Gasteiger partial charge in [-0.25, -0.2) is 4.79 Å². The molecule has 0 aromatic carbocycles. The van der Waals surface area contributed by atoms with E-state index in [-0.39, 0.29) is 0 Å². The zero-order chi connectivity index (χ0) is 10.4. The Balaban J connectivity index is 2.50. The molecular weight excluding hydrogens is 200 g/mol. The van der Waals surface area contributed by atoms with Gasteiger partial charge in [0.25, 0.3) is 0 Å². The third kappa shape index (κ3) is 3.21. The minimum Gasteiger partial charge on any atom is -0.323 e. The van der Waals surface area contributed by atoms with Crippen molar-refractivity contribution in [2.75, 3.05) is 13.3 Å². The van der Waals surface area contributed by atoms with Gasteiger partial charge in [-0.2, -0.15) is 11.8 Å². The first kappa shape index (κ1) is 11.4. The molecule has 0 aliphatic heterocycles. The number of hydrogen-bond acceptors (Lipinski definition) is 4. The molecule has 4 nitrogen and oxygen atoms in total. The van der Waals surface area contributed by atoms with Crippen LogP contribution in [-0.2, 0) is 4.84 Å². The lowest BCUT2D eigenvalue weighted by atomic mass is 9.98. The normalized spacial score (nSPS) is 24.7.